The second-order valence-corrected chi connectivity index (χ2v) is 5.18. The summed E-state index contributed by atoms with van der Waals surface area (Å²) >= 11 is 0. The van der Waals surface area contributed by atoms with Gasteiger partial charge in [0.1, 0.15) is 5.82 Å². The lowest BCUT2D eigenvalue weighted by molar-refractivity contribution is -0.137. The van der Waals surface area contributed by atoms with Crippen LogP contribution in [0.5, 0.6) is 0 Å². The predicted octanol–water partition coefficient (Wildman–Crippen LogP) is 4.13. The molecule has 1 amide bonds. The number of carbonyl (C=O) groups is 1. The van der Waals surface area contributed by atoms with E-state index in [1.807, 2.05) is 6.92 Å². The van der Waals surface area contributed by atoms with E-state index in [2.05, 4.69) is 5.32 Å². The maximum Gasteiger partial charge on any atom is 0.416 e. The van der Waals surface area contributed by atoms with Crippen LogP contribution in [0.25, 0.3) is 0 Å². The van der Waals surface area contributed by atoms with Gasteiger partial charge < -0.3 is 5.32 Å². The number of hydrogen-bond acceptors (Lipinski definition) is 1. The molecule has 2 aromatic carbocycles. The van der Waals surface area contributed by atoms with E-state index in [1.165, 1.54) is 0 Å². The second kappa shape index (κ2) is 6.81. The normalized spacial score (nSPS) is 11.3. The van der Waals surface area contributed by atoms with E-state index in [0.717, 1.165) is 17.7 Å². The Bertz CT molecular complexity index is 693. The Morgan fingerprint density at radius 1 is 1.09 bits per heavy atom. The first-order chi connectivity index (χ1) is 10.8. The molecule has 23 heavy (non-hydrogen) atoms. The van der Waals surface area contributed by atoms with Gasteiger partial charge in [0.25, 0.3) is 5.91 Å². The molecule has 0 heterocycles. The molecule has 0 spiro atoms. The lowest BCUT2D eigenvalue weighted by atomic mass is 10.1. The van der Waals surface area contributed by atoms with Crippen LogP contribution in [-0.4, -0.2) is 12.5 Å². The molecule has 6 heteroatoms. The second-order valence-electron chi connectivity index (χ2n) is 5.18. The monoisotopic (exact) mass is 325 g/mol. The number of hydrogen-bond donors (Lipinski definition) is 1. The number of rotatable bonds is 4. The van der Waals surface area contributed by atoms with Crippen LogP contribution in [0.1, 0.15) is 27.0 Å². The van der Waals surface area contributed by atoms with Crippen LogP contribution in [0.3, 0.4) is 0 Å². The molecule has 0 atom stereocenters. The molecule has 0 bridgehead atoms. The van der Waals surface area contributed by atoms with Crippen LogP contribution in [0, 0.1) is 12.7 Å². The molecule has 0 fully saturated rings. The summed E-state index contributed by atoms with van der Waals surface area (Å²) in [4.78, 5) is 11.9. The molecular formula is C17H15F4NO. The maximum absolute atomic E-state index is 13.6. The van der Waals surface area contributed by atoms with Crippen molar-refractivity contribution in [3.63, 3.8) is 0 Å². The van der Waals surface area contributed by atoms with Crippen LogP contribution in [0.4, 0.5) is 17.6 Å². The van der Waals surface area contributed by atoms with Gasteiger partial charge >= 0.3 is 6.18 Å². The number of aryl methyl sites for hydroxylation is 1. The summed E-state index contributed by atoms with van der Waals surface area (Å²) in [6.45, 7) is 1.93. The summed E-state index contributed by atoms with van der Waals surface area (Å²) in [6, 6.07) is 9.12. The molecule has 2 nitrogen and oxygen atoms in total. The number of halogens is 4. The van der Waals surface area contributed by atoms with Crippen molar-refractivity contribution < 1.29 is 22.4 Å². The Labute approximate surface area is 131 Å². The van der Waals surface area contributed by atoms with Gasteiger partial charge in [-0.1, -0.05) is 17.7 Å². The van der Waals surface area contributed by atoms with Gasteiger partial charge in [0.2, 0.25) is 0 Å². The Morgan fingerprint density at radius 2 is 1.74 bits per heavy atom. The molecule has 0 aliphatic heterocycles. The highest BCUT2D eigenvalue weighted by Gasteiger charge is 2.30. The number of nitrogens with one attached hydrogen (secondary N) is 1. The summed E-state index contributed by atoms with van der Waals surface area (Å²) in [6.07, 6.45) is -4.54. The topological polar surface area (TPSA) is 29.1 Å². The minimum absolute atomic E-state index is 0.0205. The van der Waals surface area contributed by atoms with Crippen molar-refractivity contribution >= 4 is 5.91 Å². The van der Waals surface area contributed by atoms with Crippen molar-refractivity contribution in [2.45, 2.75) is 19.5 Å². The number of alkyl halides is 3. The Balaban J connectivity index is 1.98. The molecule has 0 unspecified atom stereocenters. The molecular weight excluding hydrogens is 310 g/mol. The summed E-state index contributed by atoms with van der Waals surface area (Å²) in [5.74, 6) is -1.07. The molecule has 0 aliphatic rings. The third kappa shape index (κ3) is 4.55. The van der Waals surface area contributed by atoms with E-state index < -0.39 is 17.6 Å². The fourth-order valence-electron chi connectivity index (χ4n) is 2.06. The summed E-state index contributed by atoms with van der Waals surface area (Å²) < 4.78 is 51.4. The third-order valence-corrected chi connectivity index (χ3v) is 3.37. The molecule has 0 aromatic heterocycles. The largest absolute Gasteiger partial charge is 0.416 e. The van der Waals surface area contributed by atoms with E-state index in [0.29, 0.717) is 11.6 Å². The standard InChI is InChI=1S/C17H15F4NO/c1-11-2-4-12(5-3-11)16(23)22-9-8-13-10-14(17(19,20)21)6-7-15(13)18/h2-7,10H,8-9H2,1H3,(H,22,23). The van der Waals surface area contributed by atoms with Crippen LogP contribution in [-0.2, 0) is 12.6 Å². The SMILES string of the molecule is Cc1ccc(C(=O)NCCc2cc(C(F)(F)F)ccc2F)cc1. The fraction of sp³-hybridized carbons (Fsp3) is 0.235. The zero-order valence-corrected chi connectivity index (χ0v) is 12.4. The van der Waals surface area contributed by atoms with Crippen molar-refractivity contribution in [1.82, 2.24) is 5.32 Å². The van der Waals surface area contributed by atoms with Crippen LogP contribution < -0.4 is 5.32 Å². The third-order valence-electron chi connectivity index (χ3n) is 3.37. The lowest BCUT2D eigenvalue weighted by Crippen LogP contribution is -2.26. The highest BCUT2D eigenvalue weighted by atomic mass is 19.4. The predicted molar refractivity (Wildman–Crippen MR) is 78.6 cm³/mol. The van der Waals surface area contributed by atoms with Crippen molar-refractivity contribution in [3.8, 4) is 0 Å². The van der Waals surface area contributed by atoms with Gasteiger partial charge in [-0.2, -0.15) is 13.2 Å². The number of benzene rings is 2. The zero-order valence-electron chi connectivity index (χ0n) is 12.4. The van der Waals surface area contributed by atoms with Gasteiger partial charge in [-0.3, -0.25) is 4.79 Å². The van der Waals surface area contributed by atoms with Gasteiger partial charge in [0.15, 0.2) is 0 Å². The highest BCUT2D eigenvalue weighted by Crippen LogP contribution is 2.30. The van der Waals surface area contributed by atoms with Crippen LogP contribution in [0.15, 0.2) is 42.5 Å². The lowest BCUT2D eigenvalue weighted by Gasteiger charge is -2.10. The molecule has 0 saturated carbocycles. The van der Waals surface area contributed by atoms with Crippen LogP contribution in [0.2, 0.25) is 0 Å². The maximum atomic E-state index is 13.6. The summed E-state index contributed by atoms with van der Waals surface area (Å²) in [5.41, 5.74) is 0.468. The van der Waals surface area contributed by atoms with Gasteiger partial charge in [-0.25, -0.2) is 4.39 Å². The van der Waals surface area contributed by atoms with Gasteiger partial charge in [-0.15, -0.1) is 0 Å². The Hall–Kier alpha value is -2.37. The molecule has 1 N–H and O–H groups in total. The Morgan fingerprint density at radius 3 is 2.35 bits per heavy atom. The van der Waals surface area contributed by atoms with Crippen molar-refractivity contribution in [3.05, 3.63) is 70.5 Å². The molecule has 2 rings (SSSR count). The summed E-state index contributed by atoms with van der Waals surface area (Å²) in [5, 5.41) is 2.57. The van der Waals surface area contributed by atoms with Gasteiger partial charge in [-0.05, 0) is 49.2 Å². The molecule has 122 valence electrons. The average molecular weight is 325 g/mol. The van der Waals surface area contributed by atoms with Crippen molar-refractivity contribution in [2.24, 2.45) is 0 Å². The minimum Gasteiger partial charge on any atom is -0.352 e. The molecule has 0 radical (unpaired) electrons. The van der Waals surface area contributed by atoms with Crippen molar-refractivity contribution in [1.29, 1.82) is 0 Å². The van der Waals surface area contributed by atoms with Gasteiger partial charge in [0.05, 0.1) is 5.56 Å². The molecule has 0 aliphatic carbocycles. The molecule has 2 aromatic rings. The first-order valence-electron chi connectivity index (χ1n) is 6.98. The van der Waals surface area contributed by atoms with E-state index >= 15 is 0 Å². The van der Waals surface area contributed by atoms with Crippen molar-refractivity contribution in [2.75, 3.05) is 6.54 Å². The first-order valence-corrected chi connectivity index (χ1v) is 6.98. The van der Waals surface area contributed by atoms with E-state index in [9.17, 15) is 22.4 Å². The molecule has 0 saturated heterocycles. The van der Waals surface area contributed by atoms with E-state index in [4.69, 9.17) is 0 Å². The highest BCUT2D eigenvalue weighted by molar-refractivity contribution is 5.94. The van der Waals surface area contributed by atoms with E-state index in [-0.39, 0.29) is 24.4 Å². The number of carbonyl (C=O) groups excluding carboxylic acids is 1. The fourth-order valence-corrected chi connectivity index (χ4v) is 2.06. The average Bonchev–Trinajstić information content (AvgIpc) is 2.48. The zero-order chi connectivity index (χ0) is 17.0. The van der Waals surface area contributed by atoms with Gasteiger partial charge in [0, 0.05) is 12.1 Å². The minimum atomic E-state index is -4.52. The van der Waals surface area contributed by atoms with Crippen LogP contribution >= 0.6 is 0 Å². The Kier molecular flexibility index (Phi) is 5.03. The summed E-state index contributed by atoms with van der Waals surface area (Å²) in [7, 11) is 0. The smallest absolute Gasteiger partial charge is 0.352 e. The number of amides is 1. The first kappa shape index (κ1) is 17.0. The van der Waals surface area contributed by atoms with E-state index in [1.54, 1.807) is 24.3 Å². The quantitative estimate of drug-likeness (QED) is 0.842.